The normalized spacial score (nSPS) is 14.8. The number of rotatable bonds is 2. The molecule has 1 aromatic heterocycles. The van der Waals surface area contributed by atoms with Crippen LogP contribution in [0.2, 0.25) is 0 Å². The molecule has 8 nitrogen and oxygen atoms in total. The molecule has 0 saturated heterocycles. The van der Waals surface area contributed by atoms with Gasteiger partial charge in [0.25, 0.3) is 0 Å². The molecule has 10 heteroatoms. The summed E-state index contributed by atoms with van der Waals surface area (Å²) >= 11 is 3.43. The average Bonchev–Trinajstić information content (AvgIpc) is 2.60. The zero-order valence-corrected chi connectivity index (χ0v) is 16.0. The molecule has 0 amide bonds. The van der Waals surface area contributed by atoms with Gasteiger partial charge in [0, 0.05) is 25.0 Å². The van der Waals surface area contributed by atoms with E-state index in [1.807, 2.05) is 0 Å². The van der Waals surface area contributed by atoms with Crippen LogP contribution in [0, 0.1) is 0 Å². The molecule has 1 aliphatic heterocycles. The lowest BCUT2D eigenvalue weighted by Gasteiger charge is -2.14. The Morgan fingerprint density at radius 2 is 1.96 bits per heavy atom. The molecule has 0 spiro atoms. The molecule has 0 fully saturated rings. The molecule has 4 bridgehead atoms. The number of halogens is 1. The molecule has 1 aliphatic rings. The smallest absolute Gasteiger partial charge is 0.242 e. The van der Waals surface area contributed by atoms with Crippen molar-refractivity contribution in [3.8, 4) is 0 Å². The van der Waals surface area contributed by atoms with Gasteiger partial charge < -0.3 is 16.0 Å². The molecule has 2 aromatic rings. The Bertz CT molecular complexity index is 874. The SMILES string of the molecule is CNS(=O)(=O)c1ccc2cc1NCCCCNc1nc(ncc1Br)N2. The lowest BCUT2D eigenvalue weighted by molar-refractivity contribution is 0.588. The molecule has 0 unspecified atom stereocenters. The van der Waals surface area contributed by atoms with Gasteiger partial charge in [-0.3, -0.25) is 0 Å². The molecule has 0 saturated carbocycles. The van der Waals surface area contributed by atoms with Crippen molar-refractivity contribution in [1.29, 1.82) is 0 Å². The van der Waals surface area contributed by atoms with Crippen LogP contribution in [0.15, 0.2) is 33.8 Å². The summed E-state index contributed by atoms with van der Waals surface area (Å²) in [6.45, 7) is 1.43. The summed E-state index contributed by atoms with van der Waals surface area (Å²) < 4.78 is 27.6. The summed E-state index contributed by atoms with van der Waals surface area (Å²) in [6.07, 6.45) is 3.48. The molecule has 0 radical (unpaired) electrons. The van der Waals surface area contributed by atoms with Crippen LogP contribution in [0.4, 0.5) is 23.1 Å². The number of fused-ring (bicyclic) bond motifs is 4. The summed E-state index contributed by atoms with van der Waals surface area (Å²) in [5.41, 5.74) is 1.24. The number of nitrogens with zero attached hydrogens (tertiary/aromatic N) is 2. The van der Waals surface area contributed by atoms with E-state index >= 15 is 0 Å². The Kier molecular flexibility index (Phi) is 5.40. The molecule has 25 heavy (non-hydrogen) atoms. The van der Waals surface area contributed by atoms with Crippen LogP contribution in [0.1, 0.15) is 12.8 Å². The van der Waals surface area contributed by atoms with E-state index in [0.717, 1.165) is 29.7 Å². The summed E-state index contributed by atoms with van der Waals surface area (Å²) in [5.74, 6) is 1.15. The first-order valence-electron chi connectivity index (χ1n) is 7.84. The molecule has 3 rings (SSSR count). The van der Waals surface area contributed by atoms with Crippen LogP contribution in [-0.4, -0.2) is 38.5 Å². The molecule has 0 atom stereocenters. The Morgan fingerprint density at radius 3 is 2.72 bits per heavy atom. The zero-order chi connectivity index (χ0) is 17.9. The third kappa shape index (κ3) is 4.20. The first-order valence-corrected chi connectivity index (χ1v) is 10.1. The van der Waals surface area contributed by atoms with Crippen molar-refractivity contribution in [2.45, 2.75) is 17.7 Å². The third-order valence-corrected chi connectivity index (χ3v) is 5.80. The number of hydrogen-bond acceptors (Lipinski definition) is 7. The first-order chi connectivity index (χ1) is 12.0. The van der Waals surface area contributed by atoms with E-state index in [1.165, 1.54) is 7.05 Å². The Balaban J connectivity index is 2.01. The highest BCUT2D eigenvalue weighted by Gasteiger charge is 2.17. The first kappa shape index (κ1) is 17.9. The lowest BCUT2D eigenvalue weighted by Crippen LogP contribution is -2.20. The topological polar surface area (TPSA) is 108 Å². The van der Waals surface area contributed by atoms with Gasteiger partial charge >= 0.3 is 0 Å². The summed E-state index contributed by atoms with van der Waals surface area (Å²) in [7, 11) is -2.15. The van der Waals surface area contributed by atoms with E-state index in [2.05, 4.69) is 46.6 Å². The highest BCUT2D eigenvalue weighted by atomic mass is 79.9. The largest absolute Gasteiger partial charge is 0.384 e. The predicted octanol–water partition coefficient (Wildman–Crippen LogP) is 2.51. The van der Waals surface area contributed by atoms with Crippen molar-refractivity contribution in [3.05, 3.63) is 28.9 Å². The van der Waals surface area contributed by atoms with Crippen molar-refractivity contribution >= 4 is 49.1 Å². The van der Waals surface area contributed by atoms with Gasteiger partial charge in [0.2, 0.25) is 16.0 Å². The van der Waals surface area contributed by atoms with Crippen molar-refractivity contribution in [2.24, 2.45) is 0 Å². The van der Waals surface area contributed by atoms with Gasteiger partial charge in [-0.25, -0.2) is 18.1 Å². The number of nitrogens with one attached hydrogen (secondary N) is 4. The highest BCUT2D eigenvalue weighted by Crippen LogP contribution is 2.28. The van der Waals surface area contributed by atoms with Gasteiger partial charge in [-0.2, -0.15) is 4.98 Å². The van der Waals surface area contributed by atoms with E-state index < -0.39 is 10.0 Å². The monoisotopic (exact) mass is 426 g/mol. The van der Waals surface area contributed by atoms with Crippen LogP contribution < -0.4 is 20.7 Å². The van der Waals surface area contributed by atoms with Crippen molar-refractivity contribution in [2.75, 3.05) is 36.1 Å². The fourth-order valence-electron chi connectivity index (χ4n) is 2.45. The van der Waals surface area contributed by atoms with Gasteiger partial charge in [-0.15, -0.1) is 0 Å². The Morgan fingerprint density at radius 1 is 1.20 bits per heavy atom. The minimum atomic E-state index is -3.55. The second kappa shape index (κ2) is 7.54. The number of sulfonamides is 1. The minimum absolute atomic E-state index is 0.214. The fraction of sp³-hybridized carbons (Fsp3) is 0.333. The van der Waals surface area contributed by atoms with E-state index in [4.69, 9.17) is 0 Å². The number of anilines is 4. The van der Waals surface area contributed by atoms with Crippen LogP contribution in [0.25, 0.3) is 0 Å². The van der Waals surface area contributed by atoms with Crippen LogP contribution in [-0.2, 0) is 10.0 Å². The van der Waals surface area contributed by atoms with E-state index in [1.54, 1.807) is 24.4 Å². The summed E-state index contributed by atoms with van der Waals surface area (Å²) in [5, 5.41) is 9.59. The quantitative estimate of drug-likeness (QED) is 0.583. The molecule has 4 N–H and O–H groups in total. The van der Waals surface area contributed by atoms with Gasteiger partial charge in [0.1, 0.15) is 10.7 Å². The van der Waals surface area contributed by atoms with Crippen molar-refractivity contribution < 1.29 is 8.42 Å². The minimum Gasteiger partial charge on any atom is -0.384 e. The lowest BCUT2D eigenvalue weighted by atomic mass is 10.2. The van der Waals surface area contributed by atoms with Gasteiger partial charge in [0.15, 0.2) is 0 Å². The number of hydrogen-bond donors (Lipinski definition) is 4. The Labute approximate surface area is 155 Å². The maximum absolute atomic E-state index is 12.2. The molecule has 134 valence electrons. The maximum Gasteiger partial charge on any atom is 0.242 e. The third-order valence-electron chi connectivity index (χ3n) is 3.75. The molecule has 2 heterocycles. The summed E-state index contributed by atoms with van der Waals surface area (Å²) in [4.78, 5) is 8.90. The molecule has 0 aliphatic carbocycles. The number of aromatic nitrogens is 2. The van der Waals surface area contributed by atoms with Gasteiger partial charge in [-0.1, -0.05) is 0 Å². The van der Waals surface area contributed by atoms with Crippen molar-refractivity contribution in [3.63, 3.8) is 0 Å². The summed E-state index contributed by atoms with van der Waals surface area (Å²) in [6, 6.07) is 5.00. The van der Waals surface area contributed by atoms with E-state index in [-0.39, 0.29) is 4.90 Å². The van der Waals surface area contributed by atoms with Crippen molar-refractivity contribution in [1.82, 2.24) is 14.7 Å². The predicted molar refractivity (Wildman–Crippen MR) is 102 cm³/mol. The van der Waals surface area contributed by atoms with Crippen LogP contribution in [0.3, 0.4) is 0 Å². The van der Waals surface area contributed by atoms with E-state index in [0.29, 0.717) is 23.9 Å². The zero-order valence-electron chi connectivity index (χ0n) is 13.6. The van der Waals surface area contributed by atoms with Gasteiger partial charge in [-0.05, 0) is 54.0 Å². The molecular formula is C15H19BrN6O2S. The second-order valence-corrected chi connectivity index (χ2v) is 8.20. The second-order valence-electron chi connectivity index (χ2n) is 5.49. The highest BCUT2D eigenvalue weighted by molar-refractivity contribution is 9.10. The fourth-order valence-corrected chi connectivity index (χ4v) is 3.67. The number of benzene rings is 1. The average molecular weight is 427 g/mol. The van der Waals surface area contributed by atoms with Gasteiger partial charge in [0.05, 0.1) is 10.2 Å². The Hall–Kier alpha value is -1.91. The standard InChI is InChI=1S/C15H19BrN6O2S/c1-17-25(23,24)13-5-4-10-8-12(13)18-6-2-3-7-19-14-11(16)9-20-15(21-10)22-14/h4-5,8-9,17-18H,2-3,6-7H2,1H3,(H2,19,20,21,22). The molecular weight excluding hydrogens is 408 g/mol. The van der Waals surface area contributed by atoms with Crippen LogP contribution in [0.5, 0.6) is 0 Å². The van der Waals surface area contributed by atoms with Crippen LogP contribution >= 0.6 is 15.9 Å². The van der Waals surface area contributed by atoms with E-state index in [9.17, 15) is 8.42 Å². The molecule has 1 aromatic carbocycles. The maximum atomic E-state index is 12.2.